The van der Waals surface area contributed by atoms with Crippen LogP contribution in [0.2, 0.25) is 0 Å². The number of aryl methyl sites for hydroxylation is 1. The van der Waals surface area contributed by atoms with Gasteiger partial charge in [0.2, 0.25) is 0 Å². The third-order valence-electron chi connectivity index (χ3n) is 4.53. The Morgan fingerprint density at radius 2 is 1.93 bits per heavy atom. The Morgan fingerprint density at radius 3 is 2.67 bits per heavy atom. The normalized spacial score (nSPS) is 11.2. The molecule has 0 unspecified atom stereocenters. The molecule has 0 aliphatic heterocycles. The molecule has 2 aromatic carbocycles. The fourth-order valence-corrected chi connectivity index (χ4v) is 4.14. The molecular formula is C22H18N4O3S. The number of carbonyl (C=O) groups excluding carboxylic acids is 1. The van der Waals surface area contributed by atoms with Crippen molar-refractivity contribution in [3.8, 4) is 16.9 Å². The molecule has 0 fully saturated rings. The van der Waals surface area contributed by atoms with Gasteiger partial charge in [0, 0.05) is 10.4 Å². The molecule has 1 amide bonds. The van der Waals surface area contributed by atoms with E-state index in [0.29, 0.717) is 10.2 Å². The van der Waals surface area contributed by atoms with Crippen LogP contribution in [0, 0.1) is 6.92 Å². The molecule has 2 aromatic heterocycles. The van der Waals surface area contributed by atoms with Crippen molar-refractivity contribution in [3.05, 3.63) is 81.7 Å². The summed E-state index contributed by atoms with van der Waals surface area (Å²) in [4.78, 5) is 31.4. The smallest absolute Gasteiger partial charge is 0.263 e. The number of amides is 1. The van der Waals surface area contributed by atoms with E-state index in [9.17, 15) is 14.7 Å². The van der Waals surface area contributed by atoms with E-state index in [1.54, 1.807) is 12.1 Å². The first-order valence-corrected chi connectivity index (χ1v) is 9.99. The van der Waals surface area contributed by atoms with Gasteiger partial charge >= 0.3 is 0 Å². The summed E-state index contributed by atoms with van der Waals surface area (Å²) in [6.45, 7) is 1.76. The van der Waals surface area contributed by atoms with Crippen molar-refractivity contribution in [2.45, 2.75) is 13.5 Å². The summed E-state index contributed by atoms with van der Waals surface area (Å²) < 4.78 is 1.28. The van der Waals surface area contributed by atoms with Crippen molar-refractivity contribution < 1.29 is 9.90 Å². The van der Waals surface area contributed by atoms with Crippen LogP contribution in [0.15, 0.2) is 70.8 Å². The van der Waals surface area contributed by atoms with Crippen molar-refractivity contribution in [2.75, 3.05) is 0 Å². The number of fused-ring (bicyclic) bond motifs is 1. The molecule has 0 aliphatic rings. The van der Waals surface area contributed by atoms with E-state index in [-0.39, 0.29) is 17.9 Å². The van der Waals surface area contributed by atoms with Gasteiger partial charge in [-0.25, -0.2) is 10.4 Å². The zero-order chi connectivity index (χ0) is 21.1. The summed E-state index contributed by atoms with van der Waals surface area (Å²) in [6, 6.07) is 16.1. The number of carbonyl (C=O) groups is 1. The molecule has 0 radical (unpaired) electrons. The lowest BCUT2D eigenvalue weighted by molar-refractivity contribution is -0.121. The number of nitrogens with zero attached hydrogens (tertiary/aromatic N) is 3. The Morgan fingerprint density at radius 1 is 1.20 bits per heavy atom. The van der Waals surface area contributed by atoms with Gasteiger partial charge in [0.25, 0.3) is 11.5 Å². The van der Waals surface area contributed by atoms with Gasteiger partial charge < -0.3 is 5.11 Å². The standard InChI is InChI=1S/C22H18N4O3S/c1-14-19(16-5-3-2-4-6-16)20-21(30-14)23-13-26(22(20)29)12-18(28)25-24-11-15-7-9-17(27)10-8-15/h2-11,13,27H,12H2,1H3,(H,25,28). The van der Waals surface area contributed by atoms with Gasteiger partial charge in [-0.1, -0.05) is 30.3 Å². The molecule has 150 valence electrons. The van der Waals surface area contributed by atoms with Crippen LogP contribution in [0.3, 0.4) is 0 Å². The van der Waals surface area contributed by atoms with Crippen molar-refractivity contribution in [3.63, 3.8) is 0 Å². The Labute approximate surface area is 176 Å². The van der Waals surface area contributed by atoms with Crippen molar-refractivity contribution in [2.24, 2.45) is 5.10 Å². The first kappa shape index (κ1) is 19.5. The summed E-state index contributed by atoms with van der Waals surface area (Å²) in [6.07, 6.45) is 2.84. The van der Waals surface area contributed by atoms with Crippen molar-refractivity contribution in [1.29, 1.82) is 0 Å². The molecular weight excluding hydrogens is 400 g/mol. The number of benzene rings is 2. The maximum atomic E-state index is 13.1. The number of phenolic OH excluding ortho intramolecular Hbond substituents is 1. The maximum Gasteiger partial charge on any atom is 0.263 e. The Bertz CT molecular complexity index is 1290. The van der Waals surface area contributed by atoms with Gasteiger partial charge in [0.15, 0.2) is 0 Å². The van der Waals surface area contributed by atoms with Crippen LogP contribution >= 0.6 is 11.3 Å². The molecule has 30 heavy (non-hydrogen) atoms. The minimum atomic E-state index is -0.443. The highest BCUT2D eigenvalue weighted by Gasteiger charge is 2.17. The second-order valence-corrected chi connectivity index (χ2v) is 7.84. The third kappa shape index (κ3) is 3.99. The lowest BCUT2D eigenvalue weighted by atomic mass is 10.0. The number of aromatic hydroxyl groups is 1. The van der Waals surface area contributed by atoms with Gasteiger partial charge in [-0.3, -0.25) is 14.2 Å². The molecule has 0 saturated heterocycles. The van der Waals surface area contributed by atoms with Crippen LogP contribution in [0.25, 0.3) is 21.3 Å². The molecule has 4 rings (SSSR count). The SMILES string of the molecule is Cc1sc2ncn(CC(=O)NN=Cc3ccc(O)cc3)c(=O)c2c1-c1ccccc1. The van der Waals surface area contributed by atoms with Gasteiger partial charge in [0.1, 0.15) is 17.1 Å². The van der Waals surface area contributed by atoms with E-state index < -0.39 is 5.91 Å². The van der Waals surface area contributed by atoms with Gasteiger partial charge in [0.05, 0.1) is 17.9 Å². The minimum absolute atomic E-state index is 0.150. The molecule has 0 saturated carbocycles. The van der Waals surface area contributed by atoms with E-state index in [0.717, 1.165) is 21.6 Å². The lowest BCUT2D eigenvalue weighted by Crippen LogP contribution is -2.30. The van der Waals surface area contributed by atoms with Gasteiger partial charge in [-0.2, -0.15) is 5.10 Å². The molecule has 0 aliphatic carbocycles. The first-order chi connectivity index (χ1) is 14.5. The highest BCUT2D eigenvalue weighted by molar-refractivity contribution is 7.19. The number of hydrogen-bond donors (Lipinski definition) is 2. The predicted octanol–water partition coefficient (Wildman–Crippen LogP) is 3.29. The van der Waals surface area contributed by atoms with E-state index in [1.807, 2.05) is 37.3 Å². The van der Waals surface area contributed by atoms with Crippen LogP contribution in [-0.2, 0) is 11.3 Å². The average Bonchev–Trinajstić information content (AvgIpc) is 3.09. The van der Waals surface area contributed by atoms with E-state index in [1.165, 1.54) is 40.6 Å². The number of hydrazone groups is 1. The molecule has 0 atom stereocenters. The van der Waals surface area contributed by atoms with E-state index >= 15 is 0 Å². The number of nitrogens with one attached hydrogen (secondary N) is 1. The van der Waals surface area contributed by atoms with Crippen molar-refractivity contribution in [1.82, 2.24) is 15.0 Å². The van der Waals surface area contributed by atoms with Crippen LogP contribution < -0.4 is 11.0 Å². The summed E-state index contributed by atoms with van der Waals surface area (Å²) in [7, 11) is 0. The number of aromatic nitrogens is 2. The second-order valence-electron chi connectivity index (χ2n) is 6.64. The van der Waals surface area contributed by atoms with Crippen LogP contribution in [0.4, 0.5) is 0 Å². The summed E-state index contributed by atoms with van der Waals surface area (Å²) in [5.41, 5.74) is 4.66. The van der Waals surface area contributed by atoms with Gasteiger partial charge in [-0.05, 0) is 42.3 Å². The molecule has 2 N–H and O–H groups in total. The number of thiophene rings is 1. The maximum absolute atomic E-state index is 13.1. The second kappa shape index (κ2) is 8.30. The molecule has 8 heteroatoms. The Kier molecular flexibility index (Phi) is 5.40. The lowest BCUT2D eigenvalue weighted by Gasteiger charge is -2.06. The molecule has 7 nitrogen and oxygen atoms in total. The summed E-state index contributed by atoms with van der Waals surface area (Å²) >= 11 is 1.46. The Balaban J connectivity index is 1.57. The summed E-state index contributed by atoms with van der Waals surface area (Å²) in [5, 5.41) is 13.7. The molecule has 4 aromatic rings. The number of rotatable bonds is 5. The Hall–Kier alpha value is -3.78. The highest BCUT2D eigenvalue weighted by atomic mass is 32.1. The van der Waals surface area contributed by atoms with E-state index in [2.05, 4.69) is 15.5 Å². The topological polar surface area (TPSA) is 96.6 Å². The van der Waals surface area contributed by atoms with E-state index in [4.69, 9.17) is 0 Å². The zero-order valence-electron chi connectivity index (χ0n) is 16.1. The van der Waals surface area contributed by atoms with Gasteiger partial charge in [-0.15, -0.1) is 11.3 Å². The molecule has 0 spiro atoms. The number of hydrogen-bond acceptors (Lipinski definition) is 6. The first-order valence-electron chi connectivity index (χ1n) is 9.18. The quantitative estimate of drug-likeness (QED) is 0.384. The van der Waals surface area contributed by atoms with Crippen molar-refractivity contribution >= 4 is 33.7 Å². The molecule has 2 heterocycles. The largest absolute Gasteiger partial charge is 0.508 e. The zero-order valence-corrected chi connectivity index (χ0v) is 16.9. The summed E-state index contributed by atoms with van der Waals surface area (Å²) in [5.74, 6) is -0.293. The van der Waals surface area contributed by atoms with Crippen LogP contribution in [0.1, 0.15) is 10.4 Å². The third-order valence-corrected chi connectivity index (χ3v) is 5.54. The monoisotopic (exact) mass is 418 g/mol. The van der Waals surface area contributed by atoms with Crippen LogP contribution in [-0.4, -0.2) is 26.8 Å². The number of phenols is 1. The minimum Gasteiger partial charge on any atom is -0.508 e. The fraction of sp³-hybridized carbons (Fsp3) is 0.0909. The molecule has 0 bridgehead atoms. The van der Waals surface area contributed by atoms with Crippen LogP contribution in [0.5, 0.6) is 5.75 Å². The average molecular weight is 418 g/mol. The fourth-order valence-electron chi connectivity index (χ4n) is 3.13. The predicted molar refractivity (Wildman–Crippen MR) is 118 cm³/mol. The highest BCUT2D eigenvalue weighted by Crippen LogP contribution is 2.35.